The molecule has 3 heteroatoms. The van der Waals surface area contributed by atoms with Crippen LogP contribution in [-0.4, -0.2) is 48.8 Å². The molecule has 17 heavy (non-hydrogen) atoms. The maximum Gasteiger partial charge on any atom is 0.0585 e. The molecular formula is C14H28N2O. The highest BCUT2D eigenvalue weighted by molar-refractivity contribution is 4.87. The standard InChI is InChI=1S/C14H28N2O/c1-15-13(11-17)8-10-16-9-4-7-14(16)12-5-2-3-6-12/h12-15,17H,2-11H2,1H3. The Bertz CT molecular complexity index is 212. The topological polar surface area (TPSA) is 35.5 Å². The lowest BCUT2D eigenvalue weighted by Crippen LogP contribution is -2.39. The number of likely N-dealkylation sites (N-methyl/N-ethyl adjacent to an activating group) is 1. The lowest BCUT2D eigenvalue weighted by atomic mass is 9.96. The number of hydrogen-bond acceptors (Lipinski definition) is 3. The summed E-state index contributed by atoms with van der Waals surface area (Å²) in [5.74, 6) is 0.972. The molecule has 1 heterocycles. The van der Waals surface area contributed by atoms with Crippen LogP contribution in [0.15, 0.2) is 0 Å². The van der Waals surface area contributed by atoms with Gasteiger partial charge in [-0.15, -0.1) is 0 Å². The molecule has 3 nitrogen and oxygen atoms in total. The van der Waals surface area contributed by atoms with Crippen molar-refractivity contribution in [1.82, 2.24) is 10.2 Å². The highest BCUT2D eigenvalue weighted by atomic mass is 16.3. The number of aliphatic hydroxyl groups is 1. The maximum absolute atomic E-state index is 9.20. The number of rotatable bonds is 6. The summed E-state index contributed by atoms with van der Waals surface area (Å²) in [5, 5.41) is 12.4. The first-order valence-electron chi connectivity index (χ1n) is 7.37. The molecular weight excluding hydrogens is 212 g/mol. The molecule has 2 fully saturated rings. The third kappa shape index (κ3) is 3.43. The minimum Gasteiger partial charge on any atom is -0.395 e. The molecule has 1 aliphatic carbocycles. The fourth-order valence-corrected chi connectivity index (χ4v) is 3.65. The molecule has 0 aromatic carbocycles. The smallest absolute Gasteiger partial charge is 0.0585 e. The SMILES string of the molecule is CNC(CO)CCN1CCCC1C1CCCC1. The van der Waals surface area contributed by atoms with Crippen LogP contribution in [0.5, 0.6) is 0 Å². The average molecular weight is 240 g/mol. The Morgan fingerprint density at radius 3 is 2.65 bits per heavy atom. The molecule has 0 bridgehead atoms. The molecule has 2 aliphatic rings. The van der Waals surface area contributed by atoms with Crippen molar-refractivity contribution in [2.75, 3.05) is 26.7 Å². The van der Waals surface area contributed by atoms with Crippen LogP contribution >= 0.6 is 0 Å². The van der Waals surface area contributed by atoms with Gasteiger partial charge in [0.1, 0.15) is 0 Å². The zero-order chi connectivity index (χ0) is 12.1. The van der Waals surface area contributed by atoms with Gasteiger partial charge in [0.15, 0.2) is 0 Å². The van der Waals surface area contributed by atoms with E-state index in [4.69, 9.17) is 0 Å². The number of likely N-dealkylation sites (tertiary alicyclic amines) is 1. The van der Waals surface area contributed by atoms with Gasteiger partial charge in [-0.3, -0.25) is 0 Å². The average Bonchev–Trinajstić information content (AvgIpc) is 3.00. The quantitative estimate of drug-likeness (QED) is 0.740. The van der Waals surface area contributed by atoms with E-state index in [2.05, 4.69) is 10.2 Å². The molecule has 2 rings (SSSR count). The number of hydrogen-bond donors (Lipinski definition) is 2. The van der Waals surface area contributed by atoms with Crippen LogP contribution in [0.3, 0.4) is 0 Å². The largest absolute Gasteiger partial charge is 0.395 e. The van der Waals surface area contributed by atoms with Gasteiger partial charge in [-0.1, -0.05) is 12.8 Å². The predicted molar refractivity (Wildman–Crippen MR) is 71.1 cm³/mol. The van der Waals surface area contributed by atoms with Gasteiger partial charge in [0, 0.05) is 18.6 Å². The van der Waals surface area contributed by atoms with Gasteiger partial charge < -0.3 is 15.3 Å². The summed E-state index contributed by atoms with van der Waals surface area (Å²) in [5.41, 5.74) is 0. The Kier molecular flexibility index (Phi) is 5.26. The van der Waals surface area contributed by atoms with Crippen LogP contribution in [-0.2, 0) is 0 Å². The second kappa shape index (κ2) is 6.72. The molecule has 2 N–H and O–H groups in total. The van der Waals surface area contributed by atoms with Gasteiger partial charge in [0.2, 0.25) is 0 Å². The van der Waals surface area contributed by atoms with Crippen molar-refractivity contribution < 1.29 is 5.11 Å². The molecule has 1 saturated heterocycles. The number of nitrogens with zero attached hydrogens (tertiary/aromatic N) is 1. The fourth-order valence-electron chi connectivity index (χ4n) is 3.65. The predicted octanol–water partition coefficient (Wildman–Crippen LogP) is 1.61. The zero-order valence-electron chi connectivity index (χ0n) is 11.2. The van der Waals surface area contributed by atoms with E-state index in [1.54, 1.807) is 0 Å². The second-order valence-corrected chi connectivity index (χ2v) is 5.75. The Labute approximate surface area is 106 Å². The molecule has 0 aromatic heterocycles. The van der Waals surface area contributed by atoms with Crippen LogP contribution in [0.4, 0.5) is 0 Å². The summed E-state index contributed by atoms with van der Waals surface area (Å²) in [6.07, 6.45) is 9.68. The highest BCUT2D eigenvalue weighted by Crippen LogP contribution is 2.35. The Morgan fingerprint density at radius 1 is 1.24 bits per heavy atom. The zero-order valence-corrected chi connectivity index (χ0v) is 11.2. The molecule has 0 spiro atoms. The first kappa shape index (κ1) is 13.3. The summed E-state index contributed by atoms with van der Waals surface area (Å²) < 4.78 is 0. The first-order chi connectivity index (χ1) is 8.35. The van der Waals surface area contributed by atoms with E-state index in [9.17, 15) is 5.11 Å². The fraction of sp³-hybridized carbons (Fsp3) is 1.00. The van der Waals surface area contributed by atoms with Crippen LogP contribution in [0, 0.1) is 5.92 Å². The minimum atomic E-state index is 0.262. The summed E-state index contributed by atoms with van der Waals surface area (Å²) in [7, 11) is 1.94. The van der Waals surface area contributed by atoms with E-state index in [-0.39, 0.29) is 12.6 Å². The Balaban J connectivity index is 1.78. The van der Waals surface area contributed by atoms with Gasteiger partial charge in [0.05, 0.1) is 6.61 Å². The molecule has 0 radical (unpaired) electrons. The number of aliphatic hydroxyl groups excluding tert-OH is 1. The van der Waals surface area contributed by atoms with Crippen molar-refractivity contribution in [2.24, 2.45) is 5.92 Å². The van der Waals surface area contributed by atoms with Gasteiger partial charge in [-0.25, -0.2) is 0 Å². The minimum absolute atomic E-state index is 0.262. The molecule has 2 atom stereocenters. The lowest BCUT2D eigenvalue weighted by Gasteiger charge is -2.30. The second-order valence-electron chi connectivity index (χ2n) is 5.75. The molecule has 1 aliphatic heterocycles. The molecule has 1 saturated carbocycles. The third-order valence-electron chi connectivity index (χ3n) is 4.75. The van der Waals surface area contributed by atoms with Crippen LogP contribution in [0.2, 0.25) is 0 Å². The van der Waals surface area contributed by atoms with Gasteiger partial charge in [-0.2, -0.15) is 0 Å². The summed E-state index contributed by atoms with van der Waals surface area (Å²) in [4.78, 5) is 2.69. The van der Waals surface area contributed by atoms with Crippen molar-refractivity contribution in [3.05, 3.63) is 0 Å². The lowest BCUT2D eigenvalue weighted by molar-refractivity contribution is 0.169. The summed E-state index contributed by atoms with van der Waals surface area (Å²) >= 11 is 0. The van der Waals surface area contributed by atoms with Gasteiger partial charge >= 0.3 is 0 Å². The van der Waals surface area contributed by atoms with Crippen molar-refractivity contribution in [1.29, 1.82) is 0 Å². The first-order valence-corrected chi connectivity index (χ1v) is 7.37. The van der Waals surface area contributed by atoms with Crippen LogP contribution < -0.4 is 5.32 Å². The van der Waals surface area contributed by atoms with Crippen LogP contribution in [0.1, 0.15) is 44.9 Å². The number of nitrogens with one attached hydrogen (secondary N) is 1. The molecule has 100 valence electrons. The van der Waals surface area contributed by atoms with E-state index < -0.39 is 0 Å². The molecule has 0 amide bonds. The van der Waals surface area contributed by atoms with Crippen molar-refractivity contribution >= 4 is 0 Å². The van der Waals surface area contributed by atoms with Gasteiger partial charge in [0.25, 0.3) is 0 Å². The summed E-state index contributed by atoms with van der Waals surface area (Å²) in [6.45, 7) is 2.70. The van der Waals surface area contributed by atoms with E-state index in [0.29, 0.717) is 0 Å². The van der Waals surface area contributed by atoms with Crippen molar-refractivity contribution in [2.45, 2.75) is 57.0 Å². The van der Waals surface area contributed by atoms with E-state index in [1.807, 2.05) is 7.05 Å². The normalized spacial score (nSPS) is 28.9. The van der Waals surface area contributed by atoms with E-state index in [1.165, 1.54) is 45.1 Å². The monoisotopic (exact) mass is 240 g/mol. The van der Waals surface area contributed by atoms with Crippen molar-refractivity contribution in [3.63, 3.8) is 0 Å². The van der Waals surface area contributed by atoms with Crippen LogP contribution in [0.25, 0.3) is 0 Å². The maximum atomic E-state index is 9.20. The summed E-state index contributed by atoms with van der Waals surface area (Å²) in [6, 6.07) is 1.13. The highest BCUT2D eigenvalue weighted by Gasteiger charge is 2.32. The molecule has 0 aromatic rings. The van der Waals surface area contributed by atoms with Gasteiger partial charge in [-0.05, 0) is 51.6 Å². The van der Waals surface area contributed by atoms with E-state index in [0.717, 1.165) is 24.9 Å². The van der Waals surface area contributed by atoms with Crippen molar-refractivity contribution in [3.8, 4) is 0 Å². The Hall–Kier alpha value is -0.120. The Morgan fingerprint density at radius 2 is 2.00 bits per heavy atom. The van der Waals surface area contributed by atoms with E-state index >= 15 is 0 Å². The third-order valence-corrected chi connectivity index (χ3v) is 4.75. The molecule has 2 unspecified atom stereocenters.